The summed E-state index contributed by atoms with van der Waals surface area (Å²) in [4.78, 5) is 17.1. The smallest absolute Gasteiger partial charge is 0.275 e. The highest BCUT2D eigenvalue weighted by Gasteiger charge is 2.17. The molecule has 1 aliphatic rings. The van der Waals surface area contributed by atoms with Crippen LogP contribution in [0.2, 0.25) is 0 Å². The molecule has 1 heterocycles. The molecule has 0 spiro atoms. The first-order valence-electron chi connectivity index (χ1n) is 5.49. The van der Waals surface area contributed by atoms with Gasteiger partial charge in [0.2, 0.25) is 0 Å². The molecule has 2 N–H and O–H groups in total. The second-order valence-electron chi connectivity index (χ2n) is 3.98. The van der Waals surface area contributed by atoms with Crippen LogP contribution in [0.25, 0.3) is 0 Å². The Kier molecular flexibility index (Phi) is 3.54. The first-order chi connectivity index (χ1) is 7.77. The molecule has 1 saturated heterocycles. The maximum Gasteiger partial charge on any atom is 0.275 e. The van der Waals surface area contributed by atoms with E-state index in [2.05, 4.69) is 10.8 Å². The molecule has 86 valence electrons. The number of amides is 1. The number of carbonyl (C=O) groups is 1. The summed E-state index contributed by atoms with van der Waals surface area (Å²) < 4.78 is 0. The summed E-state index contributed by atoms with van der Waals surface area (Å²) in [6.07, 6.45) is 1.03. The van der Waals surface area contributed by atoms with E-state index in [1.54, 1.807) is 6.07 Å². The van der Waals surface area contributed by atoms with Gasteiger partial charge < -0.3 is 5.32 Å². The van der Waals surface area contributed by atoms with E-state index in [1.165, 1.54) is 0 Å². The van der Waals surface area contributed by atoms with Gasteiger partial charge in [0.15, 0.2) is 0 Å². The minimum atomic E-state index is -0.176. The molecule has 0 radical (unpaired) electrons. The Morgan fingerprint density at radius 3 is 3.00 bits per heavy atom. The third-order valence-electron chi connectivity index (χ3n) is 2.72. The van der Waals surface area contributed by atoms with Crippen LogP contribution in [-0.4, -0.2) is 25.1 Å². The number of hydrogen-bond acceptors (Lipinski definition) is 3. The summed E-state index contributed by atoms with van der Waals surface area (Å²) in [5, 5.41) is 3.17. The van der Waals surface area contributed by atoms with E-state index in [1.807, 2.05) is 25.1 Å². The molecule has 0 saturated carbocycles. The summed E-state index contributed by atoms with van der Waals surface area (Å²) in [6.45, 7) is 3.66. The SMILES string of the molecule is Cc1ccccc1C(=O)NOC1CCNC1. The number of hydroxylamine groups is 1. The van der Waals surface area contributed by atoms with Crippen molar-refractivity contribution in [1.29, 1.82) is 0 Å². The second-order valence-corrected chi connectivity index (χ2v) is 3.98. The number of rotatable bonds is 3. The standard InChI is InChI=1S/C12H16N2O2/c1-9-4-2-3-5-11(9)12(15)14-16-10-6-7-13-8-10/h2-5,10,13H,6-8H2,1H3,(H,14,15). The van der Waals surface area contributed by atoms with E-state index in [0.717, 1.165) is 25.1 Å². The second kappa shape index (κ2) is 5.09. The Morgan fingerprint density at radius 2 is 2.31 bits per heavy atom. The summed E-state index contributed by atoms with van der Waals surface area (Å²) in [6, 6.07) is 7.46. The zero-order valence-corrected chi connectivity index (χ0v) is 9.32. The molecule has 4 heteroatoms. The van der Waals surface area contributed by atoms with Gasteiger partial charge in [0.05, 0.1) is 6.10 Å². The molecule has 1 unspecified atom stereocenters. The van der Waals surface area contributed by atoms with Gasteiger partial charge in [0.25, 0.3) is 5.91 Å². The quantitative estimate of drug-likeness (QED) is 0.748. The molecule has 1 aliphatic heterocycles. The van der Waals surface area contributed by atoms with Crippen molar-refractivity contribution >= 4 is 5.91 Å². The van der Waals surface area contributed by atoms with Crippen molar-refractivity contribution in [3.8, 4) is 0 Å². The molecule has 16 heavy (non-hydrogen) atoms. The van der Waals surface area contributed by atoms with Crippen LogP contribution in [-0.2, 0) is 4.84 Å². The summed E-state index contributed by atoms with van der Waals surface area (Å²) in [5.74, 6) is -0.176. The summed E-state index contributed by atoms with van der Waals surface area (Å²) >= 11 is 0. The summed E-state index contributed by atoms with van der Waals surface area (Å²) in [5.41, 5.74) is 4.12. The molecule has 0 bridgehead atoms. The molecule has 0 aliphatic carbocycles. The lowest BCUT2D eigenvalue weighted by Gasteiger charge is -2.11. The van der Waals surface area contributed by atoms with Crippen LogP contribution in [0.15, 0.2) is 24.3 Å². The van der Waals surface area contributed by atoms with Crippen LogP contribution in [0.1, 0.15) is 22.3 Å². The molecule has 1 fully saturated rings. The summed E-state index contributed by atoms with van der Waals surface area (Å²) in [7, 11) is 0. The Balaban J connectivity index is 1.90. The number of carbonyl (C=O) groups excluding carboxylic acids is 1. The van der Waals surface area contributed by atoms with Crippen molar-refractivity contribution in [2.45, 2.75) is 19.4 Å². The maximum atomic E-state index is 11.8. The van der Waals surface area contributed by atoms with Gasteiger partial charge in [-0.3, -0.25) is 9.63 Å². The Morgan fingerprint density at radius 1 is 1.50 bits per heavy atom. The lowest BCUT2D eigenvalue weighted by Crippen LogP contribution is -2.31. The van der Waals surface area contributed by atoms with E-state index >= 15 is 0 Å². The zero-order chi connectivity index (χ0) is 11.4. The minimum Gasteiger partial charge on any atom is -0.314 e. The fourth-order valence-electron chi connectivity index (χ4n) is 1.75. The third kappa shape index (κ3) is 2.59. The Hall–Kier alpha value is -1.39. The van der Waals surface area contributed by atoms with Crippen molar-refractivity contribution < 1.29 is 9.63 Å². The Bertz CT molecular complexity index is 373. The van der Waals surface area contributed by atoms with Crippen LogP contribution in [0.5, 0.6) is 0 Å². The number of hydrogen-bond donors (Lipinski definition) is 2. The number of nitrogens with one attached hydrogen (secondary N) is 2. The van der Waals surface area contributed by atoms with E-state index in [4.69, 9.17) is 4.84 Å². The normalized spacial score (nSPS) is 19.7. The molecule has 1 amide bonds. The van der Waals surface area contributed by atoms with Crippen molar-refractivity contribution in [2.24, 2.45) is 0 Å². The van der Waals surface area contributed by atoms with Crippen molar-refractivity contribution in [1.82, 2.24) is 10.8 Å². The van der Waals surface area contributed by atoms with Crippen molar-refractivity contribution in [2.75, 3.05) is 13.1 Å². The Labute approximate surface area is 94.9 Å². The van der Waals surface area contributed by atoms with Crippen molar-refractivity contribution in [3.63, 3.8) is 0 Å². The topological polar surface area (TPSA) is 50.4 Å². The van der Waals surface area contributed by atoms with Gasteiger partial charge >= 0.3 is 0 Å². The lowest BCUT2D eigenvalue weighted by molar-refractivity contribution is -0.00684. The molecule has 1 aromatic carbocycles. The molecule has 0 aromatic heterocycles. The number of aryl methyl sites for hydroxylation is 1. The van der Waals surface area contributed by atoms with E-state index < -0.39 is 0 Å². The van der Waals surface area contributed by atoms with Gasteiger partial charge in [-0.1, -0.05) is 18.2 Å². The average Bonchev–Trinajstić information content (AvgIpc) is 2.79. The van der Waals surface area contributed by atoms with E-state index in [-0.39, 0.29) is 12.0 Å². The van der Waals surface area contributed by atoms with Crippen LogP contribution in [0.3, 0.4) is 0 Å². The molecule has 2 rings (SSSR count). The molecular weight excluding hydrogens is 204 g/mol. The van der Waals surface area contributed by atoms with Gasteiger partial charge in [-0.05, 0) is 31.5 Å². The van der Waals surface area contributed by atoms with Gasteiger partial charge in [-0.25, -0.2) is 5.48 Å². The fourth-order valence-corrected chi connectivity index (χ4v) is 1.75. The predicted molar refractivity (Wildman–Crippen MR) is 61.0 cm³/mol. The average molecular weight is 220 g/mol. The molecule has 1 aromatic rings. The molecule has 1 atom stereocenters. The highest BCUT2D eigenvalue weighted by molar-refractivity contribution is 5.94. The van der Waals surface area contributed by atoms with Crippen LogP contribution < -0.4 is 10.8 Å². The van der Waals surface area contributed by atoms with Gasteiger partial charge in [0.1, 0.15) is 0 Å². The highest BCUT2D eigenvalue weighted by Crippen LogP contribution is 2.07. The van der Waals surface area contributed by atoms with E-state index in [9.17, 15) is 4.79 Å². The van der Waals surface area contributed by atoms with E-state index in [0.29, 0.717) is 5.56 Å². The monoisotopic (exact) mass is 220 g/mol. The van der Waals surface area contributed by atoms with Gasteiger partial charge in [0, 0.05) is 12.1 Å². The first-order valence-corrected chi connectivity index (χ1v) is 5.49. The lowest BCUT2D eigenvalue weighted by atomic mass is 10.1. The van der Waals surface area contributed by atoms with Crippen LogP contribution >= 0.6 is 0 Å². The first kappa shape index (κ1) is 11.1. The minimum absolute atomic E-state index is 0.0907. The predicted octanol–water partition coefficient (Wildman–Crippen LogP) is 1.02. The largest absolute Gasteiger partial charge is 0.314 e. The zero-order valence-electron chi connectivity index (χ0n) is 9.32. The van der Waals surface area contributed by atoms with Gasteiger partial charge in [-0.15, -0.1) is 0 Å². The molecule has 4 nitrogen and oxygen atoms in total. The highest BCUT2D eigenvalue weighted by atomic mass is 16.7. The number of benzene rings is 1. The third-order valence-corrected chi connectivity index (χ3v) is 2.72. The fraction of sp³-hybridized carbons (Fsp3) is 0.417. The molecular formula is C12H16N2O2. The van der Waals surface area contributed by atoms with Crippen LogP contribution in [0.4, 0.5) is 0 Å². The van der Waals surface area contributed by atoms with Crippen LogP contribution in [0, 0.1) is 6.92 Å². The maximum absolute atomic E-state index is 11.8. The van der Waals surface area contributed by atoms with Crippen molar-refractivity contribution in [3.05, 3.63) is 35.4 Å². The van der Waals surface area contributed by atoms with Gasteiger partial charge in [-0.2, -0.15) is 0 Å².